The molecular formula is C15H21NO. The first-order chi connectivity index (χ1) is 8.36. The molecule has 1 N–H and O–H groups in total. The van der Waals surface area contributed by atoms with Crippen molar-refractivity contribution in [2.24, 2.45) is 0 Å². The van der Waals surface area contributed by atoms with E-state index >= 15 is 0 Å². The lowest BCUT2D eigenvalue weighted by Gasteiger charge is -2.14. The summed E-state index contributed by atoms with van der Waals surface area (Å²) in [6, 6.07) is 10.4. The van der Waals surface area contributed by atoms with Crippen LogP contribution in [0.2, 0.25) is 0 Å². The Morgan fingerprint density at radius 3 is 2.82 bits per heavy atom. The average molecular weight is 231 g/mol. The molecule has 0 amide bonds. The van der Waals surface area contributed by atoms with Gasteiger partial charge in [0.05, 0.1) is 6.04 Å². The molecule has 0 saturated carbocycles. The van der Waals surface area contributed by atoms with Gasteiger partial charge in [-0.25, -0.2) is 0 Å². The first-order valence-corrected chi connectivity index (χ1v) is 6.66. The molecular weight excluding hydrogens is 210 g/mol. The third kappa shape index (κ3) is 3.97. The summed E-state index contributed by atoms with van der Waals surface area (Å²) in [6.07, 6.45) is 6.22. The van der Waals surface area contributed by atoms with Crippen LogP contribution in [0.25, 0.3) is 0 Å². The van der Waals surface area contributed by atoms with Gasteiger partial charge < -0.3 is 5.32 Å². The first kappa shape index (κ1) is 12.3. The van der Waals surface area contributed by atoms with Gasteiger partial charge in [-0.2, -0.15) is 0 Å². The van der Waals surface area contributed by atoms with Gasteiger partial charge in [-0.1, -0.05) is 43.2 Å². The third-order valence-electron chi connectivity index (χ3n) is 3.45. The zero-order chi connectivity index (χ0) is 11.9. The van der Waals surface area contributed by atoms with Gasteiger partial charge in [0, 0.05) is 6.42 Å². The largest absolute Gasteiger partial charge is 0.307 e. The average Bonchev–Trinajstić information content (AvgIpc) is 2.66. The van der Waals surface area contributed by atoms with Gasteiger partial charge in [0.1, 0.15) is 5.78 Å². The van der Waals surface area contributed by atoms with E-state index in [1.165, 1.54) is 24.8 Å². The molecule has 1 aromatic rings. The number of hydrogen-bond acceptors (Lipinski definition) is 2. The Kier molecular flexibility index (Phi) is 4.75. The molecule has 17 heavy (non-hydrogen) atoms. The lowest BCUT2D eigenvalue weighted by Crippen LogP contribution is -2.36. The van der Waals surface area contributed by atoms with Crippen molar-refractivity contribution in [3.8, 4) is 0 Å². The van der Waals surface area contributed by atoms with Gasteiger partial charge >= 0.3 is 0 Å². The maximum absolute atomic E-state index is 12.1. The van der Waals surface area contributed by atoms with Crippen molar-refractivity contribution in [2.75, 3.05) is 6.54 Å². The van der Waals surface area contributed by atoms with Crippen LogP contribution in [0.15, 0.2) is 30.3 Å². The fourth-order valence-electron chi connectivity index (χ4n) is 2.39. The van der Waals surface area contributed by atoms with E-state index in [-0.39, 0.29) is 6.04 Å². The Morgan fingerprint density at radius 2 is 2.00 bits per heavy atom. The summed E-state index contributed by atoms with van der Waals surface area (Å²) >= 11 is 0. The molecule has 1 saturated heterocycles. The van der Waals surface area contributed by atoms with Crippen molar-refractivity contribution >= 4 is 5.78 Å². The van der Waals surface area contributed by atoms with Crippen LogP contribution in [0.1, 0.15) is 37.7 Å². The summed E-state index contributed by atoms with van der Waals surface area (Å²) in [6.45, 7) is 1.00. The highest BCUT2D eigenvalue weighted by Gasteiger charge is 2.18. The van der Waals surface area contributed by atoms with E-state index in [0.29, 0.717) is 12.2 Å². The molecule has 0 spiro atoms. The highest BCUT2D eigenvalue weighted by atomic mass is 16.1. The molecule has 92 valence electrons. The molecule has 2 nitrogen and oxygen atoms in total. The van der Waals surface area contributed by atoms with Crippen LogP contribution >= 0.6 is 0 Å². The van der Waals surface area contributed by atoms with Gasteiger partial charge in [-0.15, -0.1) is 0 Å². The summed E-state index contributed by atoms with van der Waals surface area (Å²) in [5, 5.41) is 3.37. The van der Waals surface area contributed by atoms with Crippen molar-refractivity contribution in [3.05, 3.63) is 35.9 Å². The number of rotatable bonds is 4. The minimum Gasteiger partial charge on any atom is -0.307 e. The number of aryl methyl sites for hydroxylation is 1. The topological polar surface area (TPSA) is 29.1 Å². The second kappa shape index (κ2) is 6.55. The molecule has 0 aliphatic carbocycles. The van der Waals surface area contributed by atoms with Gasteiger partial charge in [0.25, 0.3) is 0 Å². The van der Waals surface area contributed by atoms with E-state index in [4.69, 9.17) is 0 Å². The number of hydrogen-bond donors (Lipinski definition) is 1. The lowest BCUT2D eigenvalue weighted by atomic mass is 10.0. The molecule has 2 rings (SSSR count). The summed E-state index contributed by atoms with van der Waals surface area (Å²) in [5.74, 6) is 0.385. The molecule has 1 aromatic carbocycles. The number of nitrogens with one attached hydrogen (secondary N) is 1. The molecule has 1 fully saturated rings. The van der Waals surface area contributed by atoms with E-state index in [1.54, 1.807) is 0 Å². The van der Waals surface area contributed by atoms with Crippen molar-refractivity contribution < 1.29 is 4.79 Å². The molecule has 1 atom stereocenters. The molecule has 1 aliphatic rings. The highest BCUT2D eigenvalue weighted by Crippen LogP contribution is 2.12. The van der Waals surface area contributed by atoms with Gasteiger partial charge in [0.2, 0.25) is 0 Å². The summed E-state index contributed by atoms with van der Waals surface area (Å²) in [7, 11) is 0. The van der Waals surface area contributed by atoms with Crippen molar-refractivity contribution in [1.29, 1.82) is 0 Å². The lowest BCUT2D eigenvalue weighted by molar-refractivity contribution is -0.121. The van der Waals surface area contributed by atoms with E-state index in [9.17, 15) is 4.79 Å². The van der Waals surface area contributed by atoms with Crippen LogP contribution in [0, 0.1) is 0 Å². The maximum atomic E-state index is 12.1. The first-order valence-electron chi connectivity index (χ1n) is 6.66. The zero-order valence-corrected chi connectivity index (χ0v) is 10.3. The molecule has 2 heteroatoms. The summed E-state index contributed by atoms with van der Waals surface area (Å²) in [5.41, 5.74) is 1.26. The maximum Gasteiger partial charge on any atom is 0.150 e. The number of carbonyl (C=O) groups is 1. The summed E-state index contributed by atoms with van der Waals surface area (Å²) in [4.78, 5) is 12.1. The quantitative estimate of drug-likeness (QED) is 0.863. The van der Waals surface area contributed by atoms with Crippen molar-refractivity contribution in [2.45, 2.75) is 44.6 Å². The second-order valence-electron chi connectivity index (χ2n) is 4.81. The normalized spacial score (nSPS) is 20.8. The Labute approximate surface area is 103 Å². The SMILES string of the molecule is O=C(CCc1ccccc1)C1CCCCCN1. The van der Waals surface area contributed by atoms with Crippen LogP contribution < -0.4 is 5.32 Å². The number of ketones is 1. The highest BCUT2D eigenvalue weighted by molar-refractivity contribution is 5.84. The Hall–Kier alpha value is -1.15. The fourth-order valence-corrected chi connectivity index (χ4v) is 2.39. The van der Waals surface area contributed by atoms with Gasteiger partial charge in [0.15, 0.2) is 0 Å². The zero-order valence-electron chi connectivity index (χ0n) is 10.3. The summed E-state index contributed by atoms with van der Waals surface area (Å²) < 4.78 is 0. The monoisotopic (exact) mass is 231 g/mol. The van der Waals surface area contributed by atoms with Crippen LogP contribution in [0.4, 0.5) is 0 Å². The minimum absolute atomic E-state index is 0.112. The molecule has 1 heterocycles. The van der Waals surface area contributed by atoms with Crippen molar-refractivity contribution in [3.63, 3.8) is 0 Å². The van der Waals surface area contributed by atoms with E-state index in [1.807, 2.05) is 18.2 Å². The Balaban J connectivity index is 1.80. The van der Waals surface area contributed by atoms with Gasteiger partial charge in [-0.3, -0.25) is 4.79 Å². The van der Waals surface area contributed by atoms with Crippen LogP contribution in [0.3, 0.4) is 0 Å². The predicted octanol–water partition coefficient (Wildman–Crippen LogP) is 2.72. The number of Topliss-reactive ketones (excluding diaryl/α,β-unsaturated/α-hetero) is 1. The standard InChI is InChI=1S/C15H21NO/c17-15(14-9-5-2-6-12-16-14)11-10-13-7-3-1-4-8-13/h1,3-4,7-8,14,16H,2,5-6,9-12H2. The van der Waals surface area contributed by atoms with Crippen LogP contribution in [0.5, 0.6) is 0 Å². The Morgan fingerprint density at radius 1 is 1.18 bits per heavy atom. The third-order valence-corrected chi connectivity index (χ3v) is 3.45. The van der Waals surface area contributed by atoms with Crippen LogP contribution in [-0.4, -0.2) is 18.4 Å². The fraction of sp³-hybridized carbons (Fsp3) is 0.533. The minimum atomic E-state index is 0.112. The number of carbonyl (C=O) groups excluding carboxylic acids is 1. The van der Waals surface area contributed by atoms with Gasteiger partial charge in [-0.05, 0) is 31.4 Å². The van der Waals surface area contributed by atoms with E-state index in [2.05, 4.69) is 17.4 Å². The Bertz CT molecular complexity index is 339. The molecule has 1 unspecified atom stereocenters. The molecule has 0 radical (unpaired) electrons. The molecule has 0 aromatic heterocycles. The van der Waals surface area contributed by atoms with Crippen molar-refractivity contribution in [1.82, 2.24) is 5.32 Å². The van der Waals surface area contributed by atoms with E-state index < -0.39 is 0 Å². The van der Waals surface area contributed by atoms with Crippen LogP contribution in [-0.2, 0) is 11.2 Å². The predicted molar refractivity (Wildman–Crippen MR) is 70.0 cm³/mol. The van der Waals surface area contributed by atoms with E-state index in [0.717, 1.165) is 19.4 Å². The molecule has 1 aliphatic heterocycles. The second-order valence-corrected chi connectivity index (χ2v) is 4.81. The molecule has 0 bridgehead atoms. The number of benzene rings is 1. The smallest absolute Gasteiger partial charge is 0.150 e.